The van der Waals surface area contributed by atoms with Gasteiger partial charge in [-0.05, 0) is 36.4 Å². The first-order valence-electron chi connectivity index (χ1n) is 10.8. The number of carbonyl (C=O) groups is 2. The summed E-state index contributed by atoms with van der Waals surface area (Å²) in [6.07, 6.45) is 0. The lowest BCUT2D eigenvalue weighted by molar-refractivity contribution is -0.116. The fourth-order valence-electron chi connectivity index (χ4n) is 3.83. The Labute approximate surface area is 195 Å². The quantitative estimate of drug-likeness (QED) is 0.570. The number of nitrogens with one attached hydrogen (secondary N) is 1. The van der Waals surface area contributed by atoms with Gasteiger partial charge in [0.25, 0.3) is 11.5 Å². The van der Waals surface area contributed by atoms with Gasteiger partial charge in [-0.1, -0.05) is 0 Å². The SMILES string of the molecule is CN(CC(=O)Nc1ccc(N2CCOCC2)cc1)C(=O)c1ccc2c(=O)n(C)c(=O)n(C)c2n1. The van der Waals surface area contributed by atoms with Crippen LogP contribution in [0.15, 0.2) is 46.0 Å². The molecule has 0 spiro atoms. The Bertz CT molecular complexity index is 1360. The largest absolute Gasteiger partial charge is 0.378 e. The number of hydrogen-bond acceptors (Lipinski definition) is 7. The van der Waals surface area contributed by atoms with E-state index in [0.717, 1.165) is 23.3 Å². The van der Waals surface area contributed by atoms with Crippen LogP contribution in [0.3, 0.4) is 0 Å². The van der Waals surface area contributed by atoms with E-state index in [1.807, 2.05) is 24.3 Å². The summed E-state index contributed by atoms with van der Waals surface area (Å²) in [6.45, 7) is 2.84. The highest BCUT2D eigenvalue weighted by Gasteiger charge is 2.19. The fourth-order valence-corrected chi connectivity index (χ4v) is 3.83. The topological polar surface area (TPSA) is 119 Å². The third-order valence-electron chi connectivity index (χ3n) is 5.78. The van der Waals surface area contributed by atoms with Crippen LogP contribution in [-0.2, 0) is 23.6 Å². The van der Waals surface area contributed by atoms with Gasteiger partial charge >= 0.3 is 5.69 Å². The average molecular weight is 466 g/mol. The van der Waals surface area contributed by atoms with Gasteiger partial charge in [0.2, 0.25) is 5.91 Å². The second kappa shape index (κ2) is 9.48. The minimum Gasteiger partial charge on any atom is -0.378 e. The molecule has 0 saturated carbocycles. The summed E-state index contributed by atoms with van der Waals surface area (Å²) < 4.78 is 7.55. The van der Waals surface area contributed by atoms with Crippen molar-refractivity contribution in [3.8, 4) is 0 Å². The summed E-state index contributed by atoms with van der Waals surface area (Å²) in [5.41, 5.74) is 0.787. The molecule has 1 aliphatic rings. The number of nitrogens with zero attached hydrogens (tertiary/aromatic N) is 5. The fraction of sp³-hybridized carbons (Fsp3) is 0.348. The molecule has 11 nitrogen and oxygen atoms in total. The zero-order chi connectivity index (χ0) is 24.4. The highest BCUT2D eigenvalue weighted by Crippen LogP contribution is 2.19. The molecule has 2 aromatic heterocycles. The number of pyridine rings is 1. The summed E-state index contributed by atoms with van der Waals surface area (Å²) in [6, 6.07) is 10.4. The first-order valence-corrected chi connectivity index (χ1v) is 10.8. The van der Waals surface area contributed by atoms with Crippen molar-refractivity contribution < 1.29 is 14.3 Å². The van der Waals surface area contributed by atoms with Crippen LogP contribution in [0.2, 0.25) is 0 Å². The molecule has 0 atom stereocenters. The number of aryl methyl sites for hydroxylation is 1. The highest BCUT2D eigenvalue weighted by molar-refractivity contribution is 5.99. The van der Waals surface area contributed by atoms with E-state index in [4.69, 9.17) is 4.74 Å². The van der Waals surface area contributed by atoms with Crippen molar-refractivity contribution in [1.29, 1.82) is 0 Å². The molecule has 1 saturated heterocycles. The number of benzene rings is 1. The van der Waals surface area contributed by atoms with Crippen LogP contribution >= 0.6 is 0 Å². The second-order valence-corrected chi connectivity index (χ2v) is 8.13. The first kappa shape index (κ1) is 23.2. The van der Waals surface area contributed by atoms with Gasteiger partial charge in [0.05, 0.1) is 25.1 Å². The number of carbonyl (C=O) groups excluding carboxylic acids is 2. The van der Waals surface area contributed by atoms with E-state index in [2.05, 4.69) is 15.2 Å². The van der Waals surface area contributed by atoms with Crippen molar-refractivity contribution in [2.45, 2.75) is 0 Å². The molecule has 3 aromatic rings. The molecule has 2 amide bonds. The van der Waals surface area contributed by atoms with Crippen LogP contribution in [0.25, 0.3) is 11.0 Å². The zero-order valence-electron chi connectivity index (χ0n) is 19.3. The normalized spacial score (nSPS) is 13.7. The maximum atomic E-state index is 12.8. The van der Waals surface area contributed by atoms with Gasteiger partial charge in [-0.15, -0.1) is 0 Å². The van der Waals surface area contributed by atoms with Gasteiger partial charge in [0.15, 0.2) is 0 Å². The van der Waals surface area contributed by atoms with Crippen molar-refractivity contribution >= 4 is 34.2 Å². The maximum absolute atomic E-state index is 12.8. The van der Waals surface area contributed by atoms with E-state index >= 15 is 0 Å². The van der Waals surface area contributed by atoms with Crippen LogP contribution in [0.5, 0.6) is 0 Å². The third kappa shape index (κ3) is 4.55. The second-order valence-electron chi connectivity index (χ2n) is 8.13. The number of aromatic nitrogens is 3. The van der Waals surface area contributed by atoms with Crippen LogP contribution < -0.4 is 21.5 Å². The molecule has 1 aliphatic heterocycles. The summed E-state index contributed by atoms with van der Waals surface area (Å²) in [4.78, 5) is 57.5. The van der Waals surface area contributed by atoms with E-state index in [0.29, 0.717) is 18.9 Å². The van der Waals surface area contributed by atoms with Crippen LogP contribution in [-0.4, -0.2) is 70.7 Å². The number of fused-ring (bicyclic) bond motifs is 1. The first-order chi connectivity index (χ1) is 16.3. The summed E-state index contributed by atoms with van der Waals surface area (Å²) in [7, 11) is 4.34. The van der Waals surface area contributed by atoms with Gasteiger partial charge in [0.1, 0.15) is 11.3 Å². The smallest absolute Gasteiger partial charge is 0.332 e. The van der Waals surface area contributed by atoms with Crippen LogP contribution in [0, 0.1) is 0 Å². The van der Waals surface area contributed by atoms with E-state index in [1.165, 1.54) is 42.7 Å². The van der Waals surface area contributed by atoms with E-state index in [-0.39, 0.29) is 29.2 Å². The minimum atomic E-state index is -0.540. The molecule has 178 valence electrons. The summed E-state index contributed by atoms with van der Waals surface area (Å²) in [5, 5.41) is 3.01. The molecule has 0 radical (unpaired) electrons. The number of anilines is 2. The number of ether oxygens (including phenoxy) is 1. The Morgan fingerprint density at radius 3 is 2.38 bits per heavy atom. The molecule has 0 bridgehead atoms. The number of morpholine rings is 1. The molecule has 0 unspecified atom stereocenters. The molecule has 11 heteroatoms. The molecular weight excluding hydrogens is 440 g/mol. The van der Waals surface area contributed by atoms with Crippen LogP contribution in [0.1, 0.15) is 10.5 Å². The van der Waals surface area contributed by atoms with Crippen molar-refractivity contribution in [1.82, 2.24) is 19.0 Å². The van der Waals surface area contributed by atoms with Gasteiger partial charge in [0, 0.05) is 45.6 Å². The number of hydrogen-bond donors (Lipinski definition) is 1. The van der Waals surface area contributed by atoms with E-state index < -0.39 is 17.2 Å². The van der Waals surface area contributed by atoms with Gasteiger partial charge in [-0.25, -0.2) is 9.78 Å². The zero-order valence-corrected chi connectivity index (χ0v) is 19.3. The van der Waals surface area contributed by atoms with Crippen molar-refractivity contribution in [3.63, 3.8) is 0 Å². The number of likely N-dealkylation sites (N-methyl/N-ethyl adjacent to an activating group) is 1. The van der Waals surface area contributed by atoms with Gasteiger partial charge < -0.3 is 19.9 Å². The monoisotopic (exact) mass is 466 g/mol. The lowest BCUT2D eigenvalue weighted by atomic mass is 10.2. The third-order valence-corrected chi connectivity index (χ3v) is 5.78. The van der Waals surface area contributed by atoms with E-state index in [9.17, 15) is 19.2 Å². The molecule has 34 heavy (non-hydrogen) atoms. The number of amides is 2. The minimum absolute atomic E-state index is 0.0286. The van der Waals surface area contributed by atoms with Gasteiger partial charge in [-0.2, -0.15) is 0 Å². The predicted molar refractivity (Wildman–Crippen MR) is 127 cm³/mol. The predicted octanol–water partition coefficient (Wildman–Crippen LogP) is 0.180. The summed E-state index contributed by atoms with van der Waals surface area (Å²) >= 11 is 0. The van der Waals surface area contributed by atoms with Crippen molar-refractivity contribution in [2.75, 3.05) is 50.1 Å². The Morgan fingerprint density at radius 2 is 1.71 bits per heavy atom. The van der Waals surface area contributed by atoms with Gasteiger partial charge in [-0.3, -0.25) is 23.5 Å². The Hall–Kier alpha value is -3.99. The molecular formula is C23H26N6O5. The standard InChI is InChI=1S/C23H26N6O5/c1-26(14-19(30)24-15-4-6-16(7-5-15)29-10-12-34-13-11-29)22(32)18-9-8-17-20(25-18)27(2)23(33)28(3)21(17)31/h4-9H,10-14H2,1-3H3,(H,24,30). The molecule has 3 heterocycles. The van der Waals surface area contributed by atoms with E-state index in [1.54, 1.807) is 0 Å². The average Bonchev–Trinajstić information content (AvgIpc) is 2.86. The number of rotatable bonds is 5. The Kier molecular flexibility index (Phi) is 6.46. The lowest BCUT2D eigenvalue weighted by Crippen LogP contribution is -2.38. The maximum Gasteiger partial charge on any atom is 0.332 e. The molecule has 1 fully saturated rings. The highest BCUT2D eigenvalue weighted by atomic mass is 16.5. The molecule has 4 rings (SSSR count). The molecule has 0 aliphatic carbocycles. The Morgan fingerprint density at radius 1 is 1.03 bits per heavy atom. The van der Waals surface area contributed by atoms with Crippen molar-refractivity contribution in [3.05, 3.63) is 62.9 Å². The lowest BCUT2D eigenvalue weighted by Gasteiger charge is -2.28. The van der Waals surface area contributed by atoms with Crippen molar-refractivity contribution in [2.24, 2.45) is 14.1 Å². The summed E-state index contributed by atoms with van der Waals surface area (Å²) in [5.74, 6) is -0.870. The molecule has 1 aromatic carbocycles. The molecule has 1 N–H and O–H groups in total. The van der Waals surface area contributed by atoms with Crippen LogP contribution in [0.4, 0.5) is 11.4 Å². The Balaban J connectivity index is 1.43.